The molecule has 1 heterocycles. The van der Waals surface area contributed by atoms with Gasteiger partial charge in [0.1, 0.15) is 0 Å². The second-order valence-electron chi connectivity index (χ2n) is 6.91. The first-order valence-electron chi connectivity index (χ1n) is 10.3. The third kappa shape index (κ3) is 6.82. The Morgan fingerprint density at radius 2 is 1.91 bits per heavy atom. The molecular weight excluding hydrogens is 442 g/mol. The molecule has 0 aliphatic heterocycles. The van der Waals surface area contributed by atoms with Gasteiger partial charge in [-0.1, -0.05) is 23.7 Å². The van der Waals surface area contributed by atoms with E-state index >= 15 is 0 Å². The molecule has 0 fully saturated rings. The zero-order valence-electron chi connectivity index (χ0n) is 18.3. The Bertz CT molecular complexity index is 1150. The number of nitrogens with one attached hydrogen (secondary N) is 2. The number of halogens is 1. The fourth-order valence-corrected chi connectivity index (χ4v) is 3.28. The number of hydrogen-bond acceptors (Lipinski definition) is 5. The largest absolute Gasteiger partial charge is 0.493 e. The number of carbonyl (C=O) groups excluding carboxylic acids is 2. The van der Waals surface area contributed by atoms with Crippen LogP contribution in [0, 0.1) is 0 Å². The molecule has 0 aliphatic carbocycles. The maximum atomic E-state index is 12.3. The highest BCUT2D eigenvalue weighted by Crippen LogP contribution is 2.36. The van der Waals surface area contributed by atoms with Crippen molar-refractivity contribution in [1.29, 1.82) is 0 Å². The van der Waals surface area contributed by atoms with Crippen LogP contribution >= 0.6 is 11.6 Å². The minimum Gasteiger partial charge on any atom is -0.493 e. The summed E-state index contributed by atoms with van der Waals surface area (Å²) in [6.45, 7) is 2.62. The number of aromatic nitrogens is 1. The maximum absolute atomic E-state index is 12.3. The molecule has 0 bridgehead atoms. The van der Waals surface area contributed by atoms with Crippen LogP contribution in [-0.2, 0) is 11.3 Å². The summed E-state index contributed by atoms with van der Waals surface area (Å²) in [6, 6.07) is 14.0. The Hall–Kier alpha value is -3.84. The van der Waals surface area contributed by atoms with Crippen LogP contribution in [0.15, 0.2) is 67.0 Å². The lowest BCUT2D eigenvalue weighted by molar-refractivity contribution is -0.116. The lowest BCUT2D eigenvalue weighted by Crippen LogP contribution is -2.20. The number of hydrogen-bond donors (Lipinski definition) is 2. The summed E-state index contributed by atoms with van der Waals surface area (Å²) >= 11 is 6.27. The quantitative estimate of drug-likeness (QED) is 0.446. The van der Waals surface area contributed by atoms with E-state index in [4.69, 9.17) is 21.1 Å². The number of benzene rings is 2. The zero-order chi connectivity index (χ0) is 23.6. The van der Waals surface area contributed by atoms with Gasteiger partial charge >= 0.3 is 0 Å². The normalized spacial score (nSPS) is 10.6. The van der Waals surface area contributed by atoms with Crippen LogP contribution < -0.4 is 20.1 Å². The molecule has 0 saturated heterocycles. The Morgan fingerprint density at radius 3 is 2.64 bits per heavy atom. The first kappa shape index (κ1) is 23.8. The molecule has 3 aromatic rings. The van der Waals surface area contributed by atoms with Crippen molar-refractivity contribution in [1.82, 2.24) is 10.3 Å². The van der Waals surface area contributed by atoms with E-state index in [-0.39, 0.29) is 11.8 Å². The number of amides is 2. The second kappa shape index (κ2) is 11.7. The van der Waals surface area contributed by atoms with Crippen LogP contribution in [0.3, 0.4) is 0 Å². The average Bonchev–Trinajstić information content (AvgIpc) is 2.83. The standard InChI is InChI=1S/C25H24ClN3O4/c1-3-33-24-21(26)14-17(15-22(24)32-2)7-8-23(30)28-16-18-5-4-6-20(13-18)29-25(31)19-9-11-27-12-10-19/h4-15H,3,16H2,1-2H3,(H,28,30)(H,29,31). The van der Waals surface area contributed by atoms with E-state index < -0.39 is 0 Å². The summed E-state index contributed by atoms with van der Waals surface area (Å²) in [6.07, 6.45) is 6.18. The van der Waals surface area contributed by atoms with Crippen molar-refractivity contribution in [3.8, 4) is 11.5 Å². The first-order chi connectivity index (χ1) is 16.0. The molecule has 2 N–H and O–H groups in total. The fraction of sp³-hybridized carbons (Fsp3) is 0.160. The molecule has 0 atom stereocenters. The van der Waals surface area contributed by atoms with E-state index in [9.17, 15) is 9.59 Å². The van der Waals surface area contributed by atoms with E-state index in [0.29, 0.717) is 46.5 Å². The summed E-state index contributed by atoms with van der Waals surface area (Å²) in [4.78, 5) is 28.5. The van der Waals surface area contributed by atoms with Gasteiger partial charge in [-0.2, -0.15) is 0 Å². The fourth-order valence-electron chi connectivity index (χ4n) is 3.01. The van der Waals surface area contributed by atoms with Crippen molar-refractivity contribution >= 4 is 35.2 Å². The van der Waals surface area contributed by atoms with Crippen molar-refractivity contribution in [2.75, 3.05) is 19.0 Å². The molecular formula is C25H24ClN3O4. The molecule has 0 saturated carbocycles. The number of carbonyl (C=O) groups is 2. The molecule has 1 aromatic heterocycles. The van der Waals surface area contributed by atoms with E-state index in [2.05, 4.69) is 15.6 Å². The van der Waals surface area contributed by atoms with Crippen LogP contribution in [0.25, 0.3) is 6.08 Å². The molecule has 0 spiro atoms. The molecule has 2 amide bonds. The van der Waals surface area contributed by atoms with Crippen LogP contribution in [-0.4, -0.2) is 30.5 Å². The molecule has 170 valence electrons. The van der Waals surface area contributed by atoms with E-state index in [1.165, 1.54) is 13.2 Å². The number of nitrogens with zero attached hydrogens (tertiary/aromatic N) is 1. The summed E-state index contributed by atoms with van der Waals surface area (Å²) in [5, 5.41) is 6.06. The molecule has 8 heteroatoms. The molecule has 0 unspecified atom stereocenters. The third-order valence-electron chi connectivity index (χ3n) is 4.56. The minimum absolute atomic E-state index is 0.231. The minimum atomic E-state index is -0.273. The van der Waals surface area contributed by atoms with Gasteiger partial charge in [-0.3, -0.25) is 14.6 Å². The van der Waals surface area contributed by atoms with E-state index in [1.54, 1.807) is 54.9 Å². The van der Waals surface area contributed by atoms with Gasteiger partial charge < -0.3 is 20.1 Å². The van der Waals surface area contributed by atoms with Crippen LogP contribution in [0.4, 0.5) is 5.69 Å². The van der Waals surface area contributed by atoms with Gasteiger partial charge in [0.25, 0.3) is 5.91 Å². The van der Waals surface area contributed by atoms with Crippen molar-refractivity contribution in [2.24, 2.45) is 0 Å². The predicted molar refractivity (Wildman–Crippen MR) is 129 cm³/mol. The Kier molecular flexibility index (Phi) is 8.43. The SMILES string of the molecule is CCOc1c(Cl)cc(C=CC(=O)NCc2cccc(NC(=O)c3ccncc3)c2)cc1OC. The highest BCUT2D eigenvalue weighted by Gasteiger charge is 2.11. The number of ether oxygens (including phenoxy) is 2. The Labute approximate surface area is 197 Å². The smallest absolute Gasteiger partial charge is 0.255 e. The molecule has 7 nitrogen and oxygen atoms in total. The molecule has 0 aliphatic rings. The van der Waals surface area contributed by atoms with E-state index in [1.807, 2.05) is 19.1 Å². The topological polar surface area (TPSA) is 89.6 Å². The predicted octanol–water partition coefficient (Wildman–Crippen LogP) is 4.72. The summed E-state index contributed by atoms with van der Waals surface area (Å²) in [7, 11) is 1.53. The third-order valence-corrected chi connectivity index (χ3v) is 4.84. The molecule has 3 rings (SSSR count). The van der Waals surface area contributed by atoms with Gasteiger partial charge in [-0.05, 0) is 60.5 Å². The van der Waals surface area contributed by atoms with Crippen LogP contribution in [0.5, 0.6) is 11.5 Å². The van der Waals surface area contributed by atoms with Gasteiger partial charge in [0.2, 0.25) is 5.91 Å². The number of methoxy groups -OCH3 is 1. The number of rotatable bonds is 9. The second-order valence-corrected chi connectivity index (χ2v) is 7.32. The summed E-state index contributed by atoms with van der Waals surface area (Å²) in [5.41, 5.74) is 2.70. The molecule has 2 aromatic carbocycles. The molecule has 0 radical (unpaired) electrons. The average molecular weight is 466 g/mol. The molecule has 33 heavy (non-hydrogen) atoms. The van der Waals surface area contributed by atoms with Gasteiger partial charge in [0.05, 0.1) is 18.7 Å². The lowest BCUT2D eigenvalue weighted by Gasteiger charge is -2.12. The van der Waals surface area contributed by atoms with Gasteiger partial charge in [-0.25, -0.2) is 0 Å². The summed E-state index contributed by atoms with van der Waals surface area (Å²) < 4.78 is 10.8. The van der Waals surface area contributed by atoms with Crippen molar-refractivity contribution in [3.05, 3.63) is 88.7 Å². The van der Waals surface area contributed by atoms with Gasteiger partial charge in [0, 0.05) is 36.3 Å². The summed E-state index contributed by atoms with van der Waals surface area (Å²) in [5.74, 6) is 0.463. The lowest BCUT2D eigenvalue weighted by atomic mass is 10.1. The van der Waals surface area contributed by atoms with Gasteiger partial charge in [0.15, 0.2) is 11.5 Å². The highest BCUT2D eigenvalue weighted by molar-refractivity contribution is 6.32. The highest BCUT2D eigenvalue weighted by atomic mass is 35.5. The zero-order valence-corrected chi connectivity index (χ0v) is 19.1. The van der Waals surface area contributed by atoms with Gasteiger partial charge in [-0.15, -0.1) is 0 Å². The van der Waals surface area contributed by atoms with Crippen molar-refractivity contribution < 1.29 is 19.1 Å². The van der Waals surface area contributed by atoms with Crippen molar-refractivity contribution in [3.63, 3.8) is 0 Å². The van der Waals surface area contributed by atoms with Crippen LogP contribution in [0.1, 0.15) is 28.4 Å². The van der Waals surface area contributed by atoms with Crippen LogP contribution in [0.2, 0.25) is 5.02 Å². The number of anilines is 1. The number of pyridine rings is 1. The van der Waals surface area contributed by atoms with Crippen molar-refractivity contribution in [2.45, 2.75) is 13.5 Å². The Morgan fingerprint density at radius 1 is 1.12 bits per heavy atom. The first-order valence-corrected chi connectivity index (χ1v) is 10.6. The maximum Gasteiger partial charge on any atom is 0.255 e. The Balaban J connectivity index is 1.59. The monoisotopic (exact) mass is 465 g/mol. The van der Waals surface area contributed by atoms with E-state index in [0.717, 1.165) is 5.56 Å².